The van der Waals surface area contributed by atoms with Gasteiger partial charge in [0.15, 0.2) is 0 Å². The number of ether oxygens (including phenoxy) is 1. The summed E-state index contributed by atoms with van der Waals surface area (Å²) in [6, 6.07) is 24.2. The van der Waals surface area contributed by atoms with Crippen molar-refractivity contribution in [3.8, 4) is 11.1 Å². The number of carbonyl (C=O) groups excluding carboxylic acids is 2. The summed E-state index contributed by atoms with van der Waals surface area (Å²) in [5.74, 6) is -1.10. The Hall–Kier alpha value is -3.78. The van der Waals surface area contributed by atoms with Crippen molar-refractivity contribution in [3.05, 3.63) is 95.6 Å². The summed E-state index contributed by atoms with van der Waals surface area (Å²) in [6.45, 7) is 0.106. The lowest BCUT2D eigenvalue weighted by atomic mass is 9.98. The van der Waals surface area contributed by atoms with Gasteiger partial charge in [0.05, 0.1) is 12.3 Å². The fourth-order valence-corrected chi connectivity index (χ4v) is 4.95. The van der Waals surface area contributed by atoms with Gasteiger partial charge in [0, 0.05) is 11.7 Å². The Morgan fingerprint density at radius 3 is 2.11 bits per heavy atom. The number of rotatable bonds is 10. The van der Waals surface area contributed by atoms with Crippen LogP contribution in [0.2, 0.25) is 0 Å². The van der Waals surface area contributed by atoms with Crippen molar-refractivity contribution in [2.75, 3.05) is 18.2 Å². The van der Waals surface area contributed by atoms with Crippen molar-refractivity contribution >= 4 is 29.7 Å². The van der Waals surface area contributed by atoms with Crippen molar-refractivity contribution in [2.24, 2.45) is 0 Å². The van der Waals surface area contributed by atoms with Gasteiger partial charge in [0.25, 0.3) is 0 Å². The molecule has 7 nitrogen and oxygen atoms in total. The van der Waals surface area contributed by atoms with Crippen LogP contribution in [0, 0.1) is 0 Å². The Morgan fingerprint density at radius 1 is 0.886 bits per heavy atom. The van der Waals surface area contributed by atoms with Crippen LogP contribution >= 0.6 is 11.8 Å². The molecule has 0 fully saturated rings. The number of aliphatic carboxylic acids is 1. The number of amides is 2. The Kier molecular flexibility index (Phi) is 8.05. The minimum Gasteiger partial charge on any atom is -0.480 e. The molecule has 35 heavy (non-hydrogen) atoms. The third kappa shape index (κ3) is 6.22. The summed E-state index contributed by atoms with van der Waals surface area (Å²) in [7, 11) is 0. The number of hydrogen-bond donors (Lipinski definition) is 3. The SMILES string of the molecule is O=C(Cc1ccccc1)NCSC[C@@H](NC(=O)OCC1c2ccccc2-c2ccccc21)C(=O)O. The molecule has 180 valence electrons. The first kappa shape index (κ1) is 24.3. The molecule has 1 aliphatic rings. The van der Waals surface area contributed by atoms with Gasteiger partial charge < -0.3 is 20.5 Å². The molecule has 8 heteroatoms. The Bertz CT molecular complexity index is 1160. The molecule has 1 atom stereocenters. The molecule has 0 unspecified atom stereocenters. The fraction of sp³-hybridized carbons (Fsp3) is 0.222. The molecule has 0 saturated heterocycles. The molecule has 0 heterocycles. The summed E-state index contributed by atoms with van der Waals surface area (Å²) in [5, 5.41) is 14.7. The van der Waals surface area contributed by atoms with Gasteiger partial charge in [-0.3, -0.25) is 4.79 Å². The predicted molar refractivity (Wildman–Crippen MR) is 135 cm³/mol. The van der Waals surface area contributed by atoms with Crippen LogP contribution in [-0.2, 0) is 20.7 Å². The van der Waals surface area contributed by atoms with Crippen LogP contribution in [0.25, 0.3) is 11.1 Å². The minimum atomic E-state index is -1.17. The summed E-state index contributed by atoms with van der Waals surface area (Å²) in [5.41, 5.74) is 5.30. The number of carboxylic acids is 1. The van der Waals surface area contributed by atoms with Crippen LogP contribution in [0.15, 0.2) is 78.9 Å². The van der Waals surface area contributed by atoms with Crippen molar-refractivity contribution < 1.29 is 24.2 Å². The van der Waals surface area contributed by atoms with Gasteiger partial charge in [-0.2, -0.15) is 0 Å². The summed E-state index contributed by atoms with van der Waals surface area (Å²) in [4.78, 5) is 36.1. The number of hydrogen-bond acceptors (Lipinski definition) is 5. The zero-order valence-corrected chi connectivity index (χ0v) is 19.8. The normalized spacial score (nSPS) is 12.8. The number of thioether (sulfide) groups is 1. The topological polar surface area (TPSA) is 105 Å². The number of nitrogens with one attached hydrogen (secondary N) is 2. The van der Waals surface area contributed by atoms with Crippen molar-refractivity contribution in [2.45, 2.75) is 18.4 Å². The highest BCUT2D eigenvalue weighted by atomic mass is 32.2. The number of fused-ring (bicyclic) bond motifs is 3. The average Bonchev–Trinajstić information content (AvgIpc) is 3.19. The molecule has 0 aliphatic heterocycles. The smallest absolute Gasteiger partial charge is 0.407 e. The number of alkyl carbamates (subject to hydrolysis) is 1. The van der Waals surface area contributed by atoms with Gasteiger partial charge in [0.1, 0.15) is 12.6 Å². The standard InChI is InChI=1S/C27H26N2O5S/c30-25(14-18-8-2-1-3-9-18)28-17-35-16-24(26(31)32)29-27(33)34-15-23-21-12-6-4-10-19(21)20-11-5-7-13-22(20)23/h1-13,23-24H,14-17H2,(H,28,30)(H,29,33)(H,31,32)/t24-/m1/s1. The lowest BCUT2D eigenvalue weighted by Gasteiger charge is -2.17. The van der Waals surface area contributed by atoms with Crippen LogP contribution in [0.5, 0.6) is 0 Å². The van der Waals surface area contributed by atoms with E-state index in [1.807, 2.05) is 78.9 Å². The second-order valence-corrected chi connectivity index (χ2v) is 9.17. The van der Waals surface area contributed by atoms with E-state index in [1.165, 1.54) is 11.8 Å². The zero-order chi connectivity index (χ0) is 24.6. The molecule has 0 radical (unpaired) electrons. The summed E-state index contributed by atoms with van der Waals surface area (Å²) >= 11 is 1.21. The molecule has 0 bridgehead atoms. The van der Waals surface area contributed by atoms with E-state index < -0.39 is 18.1 Å². The summed E-state index contributed by atoms with van der Waals surface area (Å²) in [6.07, 6.45) is -0.533. The molecule has 1 aliphatic carbocycles. The maximum atomic E-state index is 12.4. The second kappa shape index (κ2) is 11.6. The molecular formula is C27H26N2O5S. The second-order valence-electron chi connectivity index (χ2n) is 8.14. The van der Waals surface area contributed by atoms with Crippen molar-refractivity contribution in [3.63, 3.8) is 0 Å². The Balaban J connectivity index is 1.24. The average molecular weight is 491 g/mol. The fourth-order valence-electron chi connectivity index (χ4n) is 4.11. The quantitative estimate of drug-likeness (QED) is 0.293. The van der Waals surface area contributed by atoms with Crippen molar-refractivity contribution in [1.29, 1.82) is 0 Å². The van der Waals surface area contributed by atoms with Crippen LogP contribution < -0.4 is 10.6 Å². The molecule has 3 aromatic carbocycles. The largest absolute Gasteiger partial charge is 0.480 e. The summed E-state index contributed by atoms with van der Waals surface area (Å²) < 4.78 is 5.44. The number of carbonyl (C=O) groups is 3. The van der Waals surface area contributed by atoms with Crippen LogP contribution in [0.3, 0.4) is 0 Å². The first-order chi connectivity index (χ1) is 17.0. The van der Waals surface area contributed by atoms with Gasteiger partial charge in [-0.05, 0) is 27.8 Å². The molecular weight excluding hydrogens is 464 g/mol. The van der Waals surface area contributed by atoms with E-state index >= 15 is 0 Å². The predicted octanol–water partition coefficient (Wildman–Crippen LogP) is 4.03. The van der Waals surface area contributed by atoms with E-state index in [0.29, 0.717) is 0 Å². The Labute approximate surface area is 207 Å². The van der Waals surface area contributed by atoms with Gasteiger partial charge in [0.2, 0.25) is 5.91 Å². The van der Waals surface area contributed by atoms with Gasteiger partial charge in [-0.25, -0.2) is 9.59 Å². The van der Waals surface area contributed by atoms with Crippen LogP contribution in [0.4, 0.5) is 4.79 Å². The molecule has 3 aromatic rings. The monoisotopic (exact) mass is 490 g/mol. The Morgan fingerprint density at radius 2 is 1.49 bits per heavy atom. The minimum absolute atomic E-state index is 0.0884. The third-order valence-electron chi connectivity index (χ3n) is 5.80. The molecule has 0 spiro atoms. The lowest BCUT2D eigenvalue weighted by Crippen LogP contribution is -2.43. The van der Waals surface area contributed by atoms with E-state index in [9.17, 15) is 19.5 Å². The van der Waals surface area contributed by atoms with E-state index in [1.54, 1.807) is 0 Å². The van der Waals surface area contributed by atoms with Gasteiger partial charge in [-0.15, -0.1) is 11.8 Å². The highest BCUT2D eigenvalue weighted by Crippen LogP contribution is 2.44. The third-order valence-corrected chi connectivity index (χ3v) is 6.71. The van der Waals surface area contributed by atoms with Crippen LogP contribution in [0.1, 0.15) is 22.6 Å². The van der Waals surface area contributed by atoms with E-state index in [-0.39, 0.29) is 36.5 Å². The highest BCUT2D eigenvalue weighted by molar-refractivity contribution is 7.99. The molecule has 4 rings (SSSR count). The molecule has 0 saturated carbocycles. The molecule has 2 amide bonds. The van der Waals surface area contributed by atoms with Crippen molar-refractivity contribution in [1.82, 2.24) is 10.6 Å². The molecule has 0 aromatic heterocycles. The van der Waals surface area contributed by atoms with E-state index in [4.69, 9.17) is 4.74 Å². The van der Waals surface area contributed by atoms with E-state index in [2.05, 4.69) is 10.6 Å². The van der Waals surface area contributed by atoms with Crippen LogP contribution in [-0.4, -0.2) is 47.4 Å². The maximum absolute atomic E-state index is 12.4. The first-order valence-electron chi connectivity index (χ1n) is 11.3. The van der Waals surface area contributed by atoms with E-state index in [0.717, 1.165) is 27.8 Å². The lowest BCUT2D eigenvalue weighted by molar-refractivity contribution is -0.138. The molecule has 3 N–H and O–H groups in total. The first-order valence-corrected chi connectivity index (χ1v) is 12.4. The maximum Gasteiger partial charge on any atom is 0.407 e. The number of carboxylic acid groups (broad SMARTS) is 1. The van der Waals surface area contributed by atoms with Gasteiger partial charge >= 0.3 is 12.1 Å². The number of benzene rings is 3. The van der Waals surface area contributed by atoms with Gasteiger partial charge in [-0.1, -0.05) is 78.9 Å². The highest BCUT2D eigenvalue weighted by Gasteiger charge is 2.29. The zero-order valence-electron chi connectivity index (χ0n) is 19.0.